The van der Waals surface area contributed by atoms with Crippen molar-refractivity contribution >= 4 is 11.6 Å². The second kappa shape index (κ2) is 10.4. The average Bonchev–Trinajstić information content (AvgIpc) is 3.55. The van der Waals surface area contributed by atoms with E-state index < -0.39 is 12.1 Å². The molecule has 8 nitrogen and oxygen atoms in total. The number of anilines is 1. The standard InChI is InChI=1S/C27H36N4O4/c1-18-13-22(14-19(2)28-18)31-10-7-21(16-31)27(33)29-23(17-30-8-3-4-9-30)26(32)20-5-6-24-25(15-20)35-12-11-34-24/h5-6,13-15,21,23,26,32H,3-4,7-12,16-17H2,1-2H3,(H,29,33)/t21-,23?,26?/m1/s1. The van der Waals surface area contributed by atoms with E-state index in [0.717, 1.165) is 61.5 Å². The van der Waals surface area contributed by atoms with E-state index in [0.29, 0.717) is 37.8 Å². The van der Waals surface area contributed by atoms with E-state index in [1.165, 1.54) is 0 Å². The third kappa shape index (κ3) is 5.54. The van der Waals surface area contributed by atoms with Crippen LogP contribution in [0.2, 0.25) is 0 Å². The van der Waals surface area contributed by atoms with Gasteiger partial charge in [-0.05, 0) is 76.0 Å². The number of amides is 1. The van der Waals surface area contributed by atoms with Crippen LogP contribution < -0.4 is 19.7 Å². The van der Waals surface area contributed by atoms with E-state index >= 15 is 0 Å². The van der Waals surface area contributed by atoms with Crippen molar-refractivity contribution in [1.29, 1.82) is 0 Å². The number of carbonyl (C=O) groups excluding carboxylic acids is 1. The van der Waals surface area contributed by atoms with Crippen LogP contribution in [0.15, 0.2) is 30.3 Å². The lowest BCUT2D eigenvalue weighted by molar-refractivity contribution is -0.126. The molecule has 1 amide bonds. The molecule has 188 valence electrons. The number of rotatable bonds is 7. The highest BCUT2D eigenvalue weighted by Gasteiger charge is 2.33. The molecule has 2 unspecified atom stereocenters. The lowest BCUT2D eigenvalue weighted by Crippen LogP contribution is -2.48. The largest absolute Gasteiger partial charge is 0.486 e. The number of aryl methyl sites for hydroxylation is 2. The summed E-state index contributed by atoms with van der Waals surface area (Å²) in [5, 5.41) is 14.6. The molecule has 3 aliphatic rings. The van der Waals surface area contributed by atoms with Gasteiger partial charge >= 0.3 is 0 Å². The second-order valence-electron chi connectivity index (χ2n) is 10.0. The molecule has 3 atom stereocenters. The first-order chi connectivity index (χ1) is 17.0. The molecule has 5 rings (SSSR count). The molecule has 2 saturated heterocycles. The monoisotopic (exact) mass is 480 g/mol. The molecule has 1 aromatic heterocycles. The molecule has 0 saturated carbocycles. The molecule has 35 heavy (non-hydrogen) atoms. The minimum atomic E-state index is -0.835. The third-order valence-electron chi connectivity index (χ3n) is 7.26. The van der Waals surface area contributed by atoms with Gasteiger partial charge in [0.25, 0.3) is 0 Å². The molecule has 0 aliphatic carbocycles. The zero-order valence-corrected chi connectivity index (χ0v) is 20.7. The van der Waals surface area contributed by atoms with Crippen LogP contribution >= 0.6 is 0 Å². The molecule has 0 bridgehead atoms. The number of carbonyl (C=O) groups is 1. The Hall–Kier alpha value is -2.84. The SMILES string of the molecule is Cc1cc(N2CC[C@@H](C(=O)NC(CN3CCCC3)C(O)c3ccc4c(c3)OCCO4)C2)cc(C)n1. The second-order valence-corrected chi connectivity index (χ2v) is 10.0. The fourth-order valence-electron chi connectivity index (χ4n) is 5.45. The third-order valence-corrected chi connectivity index (χ3v) is 7.26. The quantitative estimate of drug-likeness (QED) is 0.630. The first kappa shape index (κ1) is 23.9. The lowest BCUT2D eigenvalue weighted by atomic mass is 9.99. The molecule has 3 aliphatic heterocycles. The number of hydrogen-bond donors (Lipinski definition) is 2. The summed E-state index contributed by atoms with van der Waals surface area (Å²) in [6.07, 6.45) is 2.27. The highest BCUT2D eigenvalue weighted by Crippen LogP contribution is 2.34. The van der Waals surface area contributed by atoms with Gasteiger partial charge in [0.05, 0.1) is 12.0 Å². The van der Waals surface area contributed by atoms with Crippen molar-refractivity contribution in [3.63, 3.8) is 0 Å². The van der Waals surface area contributed by atoms with E-state index in [1.54, 1.807) is 0 Å². The Morgan fingerprint density at radius 1 is 1.09 bits per heavy atom. The summed E-state index contributed by atoms with van der Waals surface area (Å²) in [7, 11) is 0. The number of pyridine rings is 1. The van der Waals surface area contributed by atoms with Gasteiger partial charge in [0.2, 0.25) is 5.91 Å². The summed E-state index contributed by atoms with van der Waals surface area (Å²) >= 11 is 0. The van der Waals surface area contributed by atoms with Crippen molar-refractivity contribution < 1.29 is 19.4 Å². The van der Waals surface area contributed by atoms with Crippen molar-refractivity contribution in [1.82, 2.24) is 15.2 Å². The van der Waals surface area contributed by atoms with Gasteiger partial charge in [-0.25, -0.2) is 0 Å². The number of hydrogen-bond acceptors (Lipinski definition) is 7. The van der Waals surface area contributed by atoms with Crippen LogP contribution in [0, 0.1) is 19.8 Å². The van der Waals surface area contributed by atoms with Crippen molar-refractivity contribution in [3.05, 3.63) is 47.3 Å². The molecular weight excluding hydrogens is 444 g/mol. The van der Waals surface area contributed by atoms with E-state index in [-0.39, 0.29) is 11.8 Å². The van der Waals surface area contributed by atoms with Crippen molar-refractivity contribution in [2.45, 2.75) is 45.3 Å². The smallest absolute Gasteiger partial charge is 0.225 e. The summed E-state index contributed by atoms with van der Waals surface area (Å²) in [6, 6.07) is 9.31. The summed E-state index contributed by atoms with van der Waals surface area (Å²) < 4.78 is 11.3. The zero-order valence-electron chi connectivity index (χ0n) is 20.7. The van der Waals surface area contributed by atoms with Crippen LogP contribution in [-0.2, 0) is 4.79 Å². The average molecular weight is 481 g/mol. The Labute approximate surface area is 207 Å². The van der Waals surface area contributed by atoms with Gasteiger partial charge in [0.1, 0.15) is 19.3 Å². The maximum atomic E-state index is 13.4. The number of fused-ring (bicyclic) bond motifs is 1. The Kier molecular flexibility index (Phi) is 7.11. The fourth-order valence-corrected chi connectivity index (χ4v) is 5.45. The number of nitrogens with zero attached hydrogens (tertiary/aromatic N) is 3. The minimum Gasteiger partial charge on any atom is -0.486 e. The topological polar surface area (TPSA) is 87.2 Å². The van der Waals surface area contributed by atoms with Gasteiger partial charge in [-0.15, -0.1) is 0 Å². The van der Waals surface area contributed by atoms with Gasteiger partial charge in [0, 0.05) is 36.7 Å². The maximum Gasteiger partial charge on any atom is 0.225 e. The summed E-state index contributed by atoms with van der Waals surface area (Å²) in [4.78, 5) is 22.4. The summed E-state index contributed by atoms with van der Waals surface area (Å²) in [5.74, 6) is 1.24. The highest BCUT2D eigenvalue weighted by molar-refractivity contribution is 5.80. The van der Waals surface area contributed by atoms with Crippen molar-refractivity contribution in [3.8, 4) is 11.5 Å². The first-order valence-electron chi connectivity index (χ1n) is 12.8. The molecule has 8 heteroatoms. The fraction of sp³-hybridized carbons (Fsp3) is 0.556. The van der Waals surface area contributed by atoms with Crippen LogP contribution in [0.3, 0.4) is 0 Å². The molecule has 2 aromatic rings. The molecule has 0 spiro atoms. The van der Waals surface area contributed by atoms with Crippen molar-refractivity contribution in [2.75, 3.05) is 50.8 Å². The van der Waals surface area contributed by atoms with Gasteiger partial charge in [-0.3, -0.25) is 9.78 Å². The summed E-state index contributed by atoms with van der Waals surface area (Å²) in [6.45, 7) is 9.15. The maximum absolute atomic E-state index is 13.4. The van der Waals surface area contributed by atoms with Crippen LogP contribution in [0.25, 0.3) is 0 Å². The van der Waals surface area contributed by atoms with Crippen LogP contribution in [-0.4, -0.2) is 72.9 Å². The molecule has 2 N–H and O–H groups in total. The van der Waals surface area contributed by atoms with Gasteiger partial charge in [-0.1, -0.05) is 6.07 Å². The molecule has 2 fully saturated rings. The van der Waals surface area contributed by atoms with Crippen molar-refractivity contribution in [2.24, 2.45) is 5.92 Å². The van der Waals surface area contributed by atoms with Gasteiger partial charge in [0.15, 0.2) is 11.5 Å². The molecule has 0 radical (unpaired) electrons. The normalized spacial score (nSPS) is 21.7. The molecule has 1 aromatic carbocycles. The van der Waals surface area contributed by atoms with E-state index in [9.17, 15) is 9.90 Å². The van der Waals surface area contributed by atoms with Gasteiger partial charge in [-0.2, -0.15) is 0 Å². The van der Waals surface area contributed by atoms with Crippen LogP contribution in [0.4, 0.5) is 5.69 Å². The Morgan fingerprint density at radius 3 is 2.54 bits per heavy atom. The molecule has 4 heterocycles. The number of aliphatic hydroxyl groups is 1. The van der Waals surface area contributed by atoms with E-state index in [4.69, 9.17) is 9.47 Å². The number of ether oxygens (including phenoxy) is 2. The first-order valence-corrected chi connectivity index (χ1v) is 12.8. The van der Waals surface area contributed by atoms with E-state index in [1.807, 2.05) is 32.0 Å². The van der Waals surface area contributed by atoms with Crippen LogP contribution in [0.5, 0.6) is 11.5 Å². The summed E-state index contributed by atoms with van der Waals surface area (Å²) in [5.41, 5.74) is 3.83. The zero-order chi connectivity index (χ0) is 24.4. The number of benzene rings is 1. The number of nitrogens with one attached hydrogen (secondary N) is 1. The predicted molar refractivity (Wildman–Crippen MR) is 134 cm³/mol. The van der Waals surface area contributed by atoms with Gasteiger partial charge < -0.3 is 29.7 Å². The number of likely N-dealkylation sites (tertiary alicyclic amines) is 1. The highest BCUT2D eigenvalue weighted by atomic mass is 16.6. The number of aliphatic hydroxyl groups excluding tert-OH is 1. The number of aromatic nitrogens is 1. The lowest BCUT2D eigenvalue weighted by Gasteiger charge is -2.30. The minimum absolute atomic E-state index is 0.00999. The molecular formula is C27H36N4O4. The van der Waals surface area contributed by atoms with E-state index in [2.05, 4.69) is 32.2 Å². The predicted octanol–water partition coefficient (Wildman–Crippen LogP) is 2.61. The Balaban J connectivity index is 1.28. The Bertz CT molecular complexity index is 1040. The van der Waals surface area contributed by atoms with Crippen LogP contribution in [0.1, 0.15) is 42.3 Å². The Morgan fingerprint density at radius 2 is 1.80 bits per heavy atom.